The van der Waals surface area contributed by atoms with Crippen molar-refractivity contribution in [2.24, 2.45) is 0 Å². The lowest BCUT2D eigenvalue weighted by molar-refractivity contribution is -0.153. The second-order valence-electron chi connectivity index (χ2n) is 7.01. The van der Waals surface area contributed by atoms with E-state index in [0.717, 1.165) is 16.7 Å². The lowest BCUT2D eigenvalue weighted by atomic mass is 9.88. The van der Waals surface area contributed by atoms with Gasteiger partial charge in [0, 0.05) is 11.6 Å². The SMILES string of the molecule is Cc1ccccc1NC(=O)C(C)OC(=O)CC(c1ccccc1)c1ccccc1. The minimum atomic E-state index is -0.880. The maximum absolute atomic E-state index is 12.6. The summed E-state index contributed by atoms with van der Waals surface area (Å²) in [6.07, 6.45) is -0.718. The minimum Gasteiger partial charge on any atom is -0.453 e. The largest absolute Gasteiger partial charge is 0.453 e. The summed E-state index contributed by atoms with van der Waals surface area (Å²) in [7, 11) is 0. The molecule has 1 N–H and O–H groups in total. The predicted octanol–water partition coefficient (Wildman–Crippen LogP) is 5.09. The summed E-state index contributed by atoms with van der Waals surface area (Å²) in [6.45, 7) is 3.50. The number of anilines is 1. The molecular formula is C25H25NO3. The first kappa shape index (κ1) is 20.3. The van der Waals surface area contributed by atoms with Crippen LogP contribution >= 0.6 is 0 Å². The molecule has 0 fully saturated rings. The molecule has 4 heteroatoms. The van der Waals surface area contributed by atoms with E-state index >= 15 is 0 Å². The van der Waals surface area contributed by atoms with Gasteiger partial charge >= 0.3 is 5.97 Å². The molecule has 148 valence electrons. The predicted molar refractivity (Wildman–Crippen MR) is 115 cm³/mol. The van der Waals surface area contributed by atoms with Crippen LogP contribution in [0.15, 0.2) is 84.9 Å². The van der Waals surface area contributed by atoms with E-state index in [-0.39, 0.29) is 18.2 Å². The number of ether oxygens (including phenoxy) is 1. The van der Waals surface area contributed by atoms with E-state index in [1.54, 1.807) is 6.92 Å². The van der Waals surface area contributed by atoms with Crippen molar-refractivity contribution in [1.82, 2.24) is 0 Å². The number of amides is 1. The molecule has 0 heterocycles. The van der Waals surface area contributed by atoms with Gasteiger partial charge in [0.05, 0.1) is 6.42 Å². The van der Waals surface area contributed by atoms with Crippen LogP contribution in [0, 0.1) is 6.92 Å². The van der Waals surface area contributed by atoms with Gasteiger partial charge in [-0.05, 0) is 36.6 Å². The van der Waals surface area contributed by atoms with Gasteiger partial charge in [0.15, 0.2) is 6.10 Å². The van der Waals surface area contributed by atoms with E-state index in [1.165, 1.54) is 0 Å². The van der Waals surface area contributed by atoms with E-state index in [2.05, 4.69) is 5.32 Å². The van der Waals surface area contributed by atoms with Gasteiger partial charge in [-0.15, -0.1) is 0 Å². The Morgan fingerprint density at radius 2 is 1.34 bits per heavy atom. The Morgan fingerprint density at radius 1 is 0.828 bits per heavy atom. The van der Waals surface area contributed by atoms with Crippen LogP contribution in [0.25, 0.3) is 0 Å². The second kappa shape index (κ2) is 9.69. The van der Waals surface area contributed by atoms with Gasteiger partial charge in [0.2, 0.25) is 0 Å². The first-order valence-electron chi connectivity index (χ1n) is 9.70. The van der Waals surface area contributed by atoms with Crippen LogP contribution < -0.4 is 5.32 Å². The number of aryl methyl sites for hydroxylation is 1. The van der Waals surface area contributed by atoms with Crippen molar-refractivity contribution < 1.29 is 14.3 Å². The summed E-state index contributed by atoms with van der Waals surface area (Å²) in [5, 5.41) is 2.82. The third-order valence-electron chi connectivity index (χ3n) is 4.86. The van der Waals surface area contributed by atoms with Crippen LogP contribution in [0.3, 0.4) is 0 Å². The average molecular weight is 387 g/mol. The van der Waals surface area contributed by atoms with Crippen LogP contribution in [-0.4, -0.2) is 18.0 Å². The summed E-state index contributed by atoms with van der Waals surface area (Å²) in [5.41, 5.74) is 3.74. The van der Waals surface area contributed by atoms with Crippen molar-refractivity contribution in [3.8, 4) is 0 Å². The van der Waals surface area contributed by atoms with Crippen molar-refractivity contribution in [3.63, 3.8) is 0 Å². The number of nitrogens with one attached hydrogen (secondary N) is 1. The van der Waals surface area contributed by atoms with E-state index in [1.807, 2.05) is 91.9 Å². The van der Waals surface area contributed by atoms with Crippen LogP contribution in [0.5, 0.6) is 0 Å². The van der Waals surface area contributed by atoms with E-state index < -0.39 is 12.1 Å². The molecule has 3 aromatic rings. The van der Waals surface area contributed by atoms with Crippen LogP contribution in [-0.2, 0) is 14.3 Å². The van der Waals surface area contributed by atoms with Gasteiger partial charge in [0.25, 0.3) is 5.91 Å². The van der Waals surface area contributed by atoms with Gasteiger partial charge in [-0.3, -0.25) is 9.59 Å². The highest BCUT2D eigenvalue weighted by molar-refractivity contribution is 5.95. The summed E-state index contributed by atoms with van der Waals surface area (Å²) < 4.78 is 5.45. The third-order valence-corrected chi connectivity index (χ3v) is 4.86. The summed E-state index contributed by atoms with van der Waals surface area (Å²) in [6, 6.07) is 27.2. The average Bonchev–Trinajstić information content (AvgIpc) is 2.75. The number of benzene rings is 3. The fourth-order valence-corrected chi connectivity index (χ4v) is 3.21. The monoisotopic (exact) mass is 387 g/mol. The Labute approximate surface area is 171 Å². The fraction of sp³-hybridized carbons (Fsp3) is 0.200. The molecule has 1 unspecified atom stereocenters. The van der Waals surface area contributed by atoms with Gasteiger partial charge in [-0.2, -0.15) is 0 Å². The lowest BCUT2D eigenvalue weighted by Gasteiger charge is -2.19. The number of hydrogen-bond acceptors (Lipinski definition) is 3. The summed E-state index contributed by atoms with van der Waals surface area (Å²) in [4.78, 5) is 25.1. The first-order chi connectivity index (χ1) is 14.0. The molecule has 1 amide bonds. The molecule has 3 rings (SSSR count). The Morgan fingerprint density at radius 3 is 1.90 bits per heavy atom. The number of carbonyl (C=O) groups excluding carboxylic acids is 2. The fourth-order valence-electron chi connectivity index (χ4n) is 3.21. The maximum Gasteiger partial charge on any atom is 0.307 e. The van der Waals surface area contributed by atoms with Gasteiger partial charge in [0.1, 0.15) is 0 Å². The second-order valence-corrected chi connectivity index (χ2v) is 7.01. The highest BCUT2D eigenvalue weighted by atomic mass is 16.5. The van der Waals surface area contributed by atoms with Gasteiger partial charge in [-0.1, -0.05) is 78.9 Å². The molecule has 0 spiro atoms. The van der Waals surface area contributed by atoms with Crippen molar-refractivity contribution in [3.05, 3.63) is 102 Å². The zero-order valence-corrected chi connectivity index (χ0v) is 16.7. The highest BCUT2D eigenvalue weighted by Crippen LogP contribution is 2.28. The molecule has 0 aromatic heterocycles. The minimum absolute atomic E-state index is 0.128. The molecule has 0 saturated heterocycles. The molecule has 0 radical (unpaired) electrons. The number of esters is 1. The van der Waals surface area contributed by atoms with Crippen molar-refractivity contribution in [2.45, 2.75) is 32.3 Å². The van der Waals surface area contributed by atoms with Crippen molar-refractivity contribution in [1.29, 1.82) is 0 Å². The number of para-hydroxylation sites is 1. The topological polar surface area (TPSA) is 55.4 Å². The zero-order chi connectivity index (χ0) is 20.6. The molecule has 29 heavy (non-hydrogen) atoms. The Bertz CT molecular complexity index is 915. The standard InChI is InChI=1S/C25H25NO3/c1-18-11-9-10-16-23(18)26-25(28)19(2)29-24(27)17-22(20-12-5-3-6-13-20)21-14-7-4-8-15-21/h3-16,19,22H,17H2,1-2H3,(H,26,28). The Hall–Kier alpha value is -3.40. The zero-order valence-electron chi connectivity index (χ0n) is 16.7. The van der Waals surface area contributed by atoms with Crippen LogP contribution in [0.2, 0.25) is 0 Å². The number of hydrogen-bond donors (Lipinski definition) is 1. The molecule has 0 aliphatic rings. The van der Waals surface area contributed by atoms with E-state index in [9.17, 15) is 9.59 Å². The maximum atomic E-state index is 12.6. The molecule has 4 nitrogen and oxygen atoms in total. The Balaban J connectivity index is 1.67. The summed E-state index contributed by atoms with van der Waals surface area (Å²) in [5.74, 6) is -0.879. The molecule has 1 atom stereocenters. The molecular weight excluding hydrogens is 362 g/mol. The highest BCUT2D eigenvalue weighted by Gasteiger charge is 2.23. The van der Waals surface area contributed by atoms with Crippen molar-refractivity contribution >= 4 is 17.6 Å². The smallest absolute Gasteiger partial charge is 0.307 e. The molecule has 0 aliphatic heterocycles. The van der Waals surface area contributed by atoms with Crippen LogP contribution in [0.4, 0.5) is 5.69 Å². The normalized spacial score (nSPS) is 11.7. The molecule has 0 bridgehead atoms. The van der Waals surface area contributed by atoms with Crippen LogP contribution in [0.1, 0.15) is 36.0 Å². The Kier molecular flexibility index (Phi) is 6.80. The van der Waals surface area contributed by atoms with Crippen molar-refractivity contribution in [2.75, 3.05) is 5.32 Å². The number of carbonyl (C=O) groups is 2. The van der Waals surface area contributed by atoms with E-state index in [0.29, 0.717) is 5.69 Å². The molecule has 0 saturated carbocycles. The van der Waals surface area contributed by atoms with Gasteiger partial charge in [-0.25, -0.2) is 0 Å². The molecule has 0 aliphatic carbocycles. The number of rotatable bonds is 7. The first-order valence-corrected chi connectivity index (χ1v) is 9.70. The summed E-state index contributed by atoms with van der Waals surface area (Å²) >= 11 is 0. The van der Waals surface area contributed by atoms with Gasteiger partial charge < -0.3 is 10.1 Å². The van der Waals surface area contributed by atoms with E-state index in [4.69, 9.17) is 4.74 Å². The molecule has 3 aromatic carbocycles. The third kappa shape index (κ3) is 5.55. The quantitative estimate of drug-likeness (QED) is 0.575. The lowest BCUT2D eigenvalue weighted by Crippen LogP contribution is -2.30.